The van der Waals surface area contributed by atoms with Crippen molar-refractivity contribution in [3.8, 4) is 0 Å². The number of hydrogen-bond acceptors (Lipinski definition) is 5. The Bertz CT molecular complexity index is 894. The van der Waals surface area contributed by atoms with Crippen molar-refractivity contribution in [2.45, 2.75) is 25.3 Å². The summed E-state index contributed by atoms with van der Waals surface area (Å²) in [5, 5.41) is 0.656. The first kappa shape index (κ1) is 18.1. The normalized spacial score (nSPS) is 21.7. The van der Waals surface area contributed by atoms with Crippen LogP contribution in [0.2, 0.25) is 0 Å². The Balaban J connectivity index is 1.55. The molecular weight excluding hydrogens is 344 g/mol. The van der Waals surface area contributed by atoms with Gasteiger partial charge in [0.15, 0.2) is 0 Å². The highest BCUT2D eigenvalue weighted by Crippen LogP contribution is 2.30. The van der Waals surface area contributed by atoms with Gasteiger partial charge < -0.3 is 9.64 Å². The molecule has 0 aliphatic carbocycles. The molecule has 0 spiro atoms. The van der Waals surface area contributed by atoms with E-state index >= 15 is 0 Å². The Morgan fingerprint density at radius 1 is 1.15 bits per heavy atom. The molecule has 2 fully saturated rings. The van der Waals surface area contributed by atoms with Crippen molar-refractivity contribution in [2.24, 2.45) is 7.05 Å². The summed E-state index contributed by atoms with van der Waals surface area (Å²) in [6.07, 6.45) is 2.94. The fourth-order valence-electron chi connectivity index (χ4n) is 4.14. The summed E-state index contributed by atoms with van der Waals surface area (Å²) < 4.78 is 7.01. The smallest absolute Gasteiger partial charge is 0.261 e. The molecule has 1 amide bonds. The van der Waals surface area contributed by atoms with Crippen molar-refractivity contribution in [1.82, 2.24) is 19.4 Å². The van der Waals surface area contributed by atoms with Crippen LogP contribution in [0.5, 0.6) is 0 Å². The average molecular weight is 370 g/mol. The Morgan fingerprint density at radius 3 is 2.89 bits per heavy atom. The van der Waals surface area contributed by atoms with Crippen LogP contribution in [0, 0.1) is 0 Å². The van der Waals surface area contributed by atoms with Crippen LogP contribution < -0.4 is 5.56 Å². The van der Waals surface area contributed by atoms with E-state index < -0.39 is 0 Å². The fourth-order valence-corrected chi connectivity index (χ4v) is 4.14. The van der Waals surface area contributed by atoms with Crippen LogP contribution in [0.3, 0.4) is 0 Å². The Morgan fingerprint density at radius 2 is 2.00 bits per heavy atom. The summed E-state index contributed by atoms with van der Waals surface area (Å²) in [6, 6.07) is 7.63. The van der Waals surface area contributed by atoms with E-state index in [9.17, 15) is 9.59 Å². The summed E-state index contributed by atoms with van der Waals surface area (Å²) in [5.41, 5.74) is 0.754. The Kier molecular flexibility index (Phi) is 5.22. The monoisotopic (exact) mass is 370 g/mol. The highest BCUT2D eigenvalue weighted by Gasteiger charge is 2.30. The number of likely N-dealkylation sites (tertiary alicyclic amines) is 1. The molecule has 2 aromatic rings. The van der Waals surface area contributed by atoms with Gasteiger partial charge in [-0.1, -0.05) is 12.1 Å². The highest BCUT2D eigenvalue weighted by molar-refractivity contribution is 5.78. The number of hydrogen-bond donors (Lipinski definition) is 0. The standard InChI is InChI=1S/C20H26N4O3/c1-22-19(21-16-7-3-2-6-15(16)20(22)26)17-8-4-9-23(17)11-12-24-10-5-13-27-14-18(24)25/h2-3,6-7,17H,4-5,8-14H2,1H3. The zero-order valence-corrected chi connectivity index (χ0v) is 15.8. The number of carbonyl (C=O) groups is 1. The number of rotatable bonds is 4. The van der Waals surface area contributed by atoms with Gasteiger partial charge >= 0.3 is 0 Å². The van der Waals surface area contributed by atoms with Gasteiger partial charge in [0.2, 0.25) is 5.91 Å². The predicted molar refractivity (Wildman–Crippen MR) is 103 cm³/mol. The second-order valence-electron chi connectivity index (χ2n) is 7.33. The Hall–Kier alpha value is -2.25. The molecule has 7 heteroatoms. The van der Waals surface area contributed by atoms with Gasteiger partial charge in [-0.2, -0.15) is 0 Å². The first-order valence-corrected chi connectivity index (χ1v) is 9.70. The number of nitrogens with zero attached hydrogens (tertiary/aromatic N) is 4. The topological polar surface area (TPSA) is 67.7 Å². The molecule has 1 aromatic heterocycles. The van der Waals surface area contributed by atoms with Crippen molar-refractivity contribution in [1.29, 1.82) is 0 Å². The van der Waals surface area contributed by atoms with Crippen LogP contribution in [0.15, 0.2) is 29.1 Å². The maximum atomic E-state index is 12.7. The van der Waals surface area contributed by atoms with E-state index in [0.717, 1.165) is 50.2 Å². The zero-order valence-electron chi connectivity index (χ0n) is 15.8. The quantitative estimate of drug-likeness (QED) is 0.812. The van der Waals surface area contributed by atoms with Crippen molar-refractivity contribution >= 4 is 16.8 Å². The van der Waals surface area contributed by atoms with Gasteiger partial charge in [0, 0.05) is 33.3 Å². The summed E-state index contributed by atoms with van der Waals surface area (Å²) in [4.78, 5) is 33.9. The lowest BCUT2D eigenvalue weighted by Gasteiger charge is -2.28. The van der Waals surface area contributed by atoms with E-state index in [1.54, 1.807) is 4.57 Å². The van der Waals surface area contributed by atoms with Crippen LogP contribution in [0.1, 0.15) is 31.1 Å². The van der Waals surface area contributed by atoms with Crippen molar-refractivity contribution in [2.75, 3.05) is 39.4 Å². The van der Waals surface area contributed by atoms with Gasteiger partial charge in [-0.25, -0.2) is 4.98 Å². The van der Waals surface area contributed by atoms with E-state index in [0.29, 0.717) is 18.5 Å². The molecule has 7 nitrogen and oxygen atoms in total. The number of ether oxygens (including phenoxy) is 1. The van der Waals surface area contributed by atoms with Crippen LogP contribution >= 0.6 is 0 Å². The van der Waals surface area contributed by atoms with Crippen LogP contribution in [-0.4, -0.2) is 64.7 Å². The molecule has 144 valence electrons. The van der Waals surface area contributed by atoms with E-state index in [1.807, 2.05) is 36.2 Å². The molecule has 0 radical (unpaired) electrons. The predicted octanol–water partition coefficient (Wildman–Crippen LogP) is 1.32. The minimum atomic E-state index is 0.00212. The molecule has 1 atom stereocenters. The number of fused-ring (bicyclic) bond motifs is 1. The van der Waals surface area contributed by atoms with E-state index in [-0.39, 0.29) is 24.1 Å². The first-order chi connectivity index (χ1) is 13.1. The second-order valence-corrected chi connectivity index (χ2v) is 7.33. The average Bonchev–Trinajstić information content (AvgIpc) is 3.05. The van der Waals surface area contributed by atoms with Crippen LogP contribution in [0.25, 0.3) is 10.9 Å². The molecular formula is C20H26N4O3. The third-order valence-corrected chi connectivity index (χ3v) is 5.63. The first-order valence-electron chi connectivity index (χ1n) is 9.70. The van der Waals surface area contributed by atoms with Crippen molar-refractivity contribution in [3.05, 3.63) is 40.4 Å². The van der Waals surface area contributed by atoms with Crippen LogP contribution in [0.4, 0.5) is 0 Å². The van der Waals surface area contributed by atoms with E-state index in [1.165, 1.54) is 0 Å². The second kappa shape index (κ2) is 7.78. The van der Waals surface area contributed by atoms with Gasteiger partial charge in [-0.05, 0) is 37.9 Å². The number of benzene rings is 1. The molecule has 4 rings (SSSR count). The molecule has 0 bridgehead atoms. The maximum absolute atomic E-state index is 12.7. The Labute approximate surface area is 158 Å². The van der Waals surface area contributed by atoms with Crippen molar-refractivity contribution < 1.29 is 9.53 Å². The number of para-hydroxylation sites is 1. The molecule has 0 N–H and O–H groups in total. The molecule has 2 aliphatic rings. The molecule has 3 heterocycles. The van der Waals surface area contributed by atoms with E-state index in [4.69, 9.17) is 9.72 Å². The van der Waals surface area contributed by atoms with Crippen LogP contribution in [-0.2, 0) is 16.6 Å². The molecule has 1 unspecified atom stereocenters. The SMILES string of the molecule is Cn1c(C2CCCN2CCN2CCCOCC2=O)nc2ccccc2c1=O. The molecule has 1 aromatic carbocycles. The summed E-state index contributed by atoms with van der Waals surface area (Å²) in [7, 11) is 1.81. The number of amides is 1. The summed E-state index contributed by atoms with van der Waals surface area (Å²) in [6.45, 7) is 4.04. The number of aromatic nitrogens is 2. The lowest BCUT2D eigenvalue weighted by atomic mass is 10.1. The molecule has 2 saturated heterocycles. The lowest BCUT2D eigenvalue weighted by Crippen LogP contribution is -2.40. The summed E-state index contributed by atoms with van der Waals surface area (Å²) in [5.74, 6) is 0.890. The van der Waals surface area contributed by atoms with Gasteiger partial charge in [0.1, 0.15) is 12.4 Å². The minimum Gasteiger partial charge on any atom is -0.372 e. The zero-order chi connectivity index (χ0) is 18.8. The third-order valence-electron chi connectivity index (χ3n) is 5.63. The molecule has 0 saturated carbocycles. The fraction of sp³-hybridized carbons (Fsp3) is 0.550. The lowest BCUT2D eigenvalue weighted by molar-refractivity contribution is -0.134. The van der Waals surface area contributed by atoms with Gasteiger partial charge in [-0.3, -0.25) is 19.1 Å². The summed E-state index contributed by atoms with van der Waals surface area (Å²) >= 11 is 0. The van der Waals surface area contributed by atoms with Gasteiger partial charge in [-0.15, -0.1) is 0 Å². The maximum Gasteiger partial charge on any atom is 0.261 e. The number of carbonyl (C=O) groups excluding carboxylic acids is 1. The molecule has 2 aliphatic heterocycles. The van der Waals surface area contributed by atoms with Gasteiger partial charge in [0.25, 0.3) is 5.56 Å². The minimum absolute atomic E-state index is 0.00212. The highest BCUT2D eigenvalue weighted by atomic mass is 16.5. The third kappa shape index (κ3) is 3.61. The van der Waals surface area contributed by atoms with Crippen molar-refractivity contribution in [3.63, 3.8) is 0 Å². The molecule has 27 heavy (non-hydrogen) atoms. The largest absolute Gasteiger partial charge is 0.372 e. The van der Waals surface area contributed by atoms with E-state index in [2.05, 4.69) is 4.90 Å². The van der Waals surface area contributed by atoms with Gasteiger partial charge in [0.05, 0.1) is 16.9 Å².